The molecule has 3 aromatic rings. The van der Waals surface area contributed by atoms with Gasteiger partial charge in [0.05, 0.1) is 0 Å². The lowest BCUT2D eigenvalue weighted by atomic mass is 10.1. The van der Waals surface area contributed by atoms with Gasteiger partial charge in [0.2, 0.25) is 0 Å². The van der Waals surface area contributed by atoms with Crippen molar-refractivity contribution in [1.82, 2.24) is 0 Å². The van der Waals surface area contributed by atoms with Crippen molar-refractivity contribution in [2.45, 2.75) is 6.92 Å². The maximum Gasteiger partial charge on any atom is 0.0464 e. The van der Waals surface area contributed by atoms with E-state index in [0.717, 1.165) is 32.6 Å². The van der Waals surface area contributed by atoms with E-state index in [0.29, 0.717) is 0 Å². The summed E-state index contributed by atoms with van der Waals surface area (Å²) in [4.78, 5) is 0. The average molecular weight is 259 g/mol. The first-order valence-corrected chi connectivity index (χ1v) is 6.68. The van der Waals surface area contributed by atoms with Crippen molar-refractivity contribution in [3.63, 3.8) is 0 Å². The van der Waals surface area contributed by atoms with E-state index in [9.17, 15) is 0 Å². The highest BCUT2D eigenvalue weighted by molar-refractivity contribution is 5.87. The molecule has 0 atom stereocenters. The van der Waals surface area contributed by atoms with Crippen LogP contribution in [0.1, 0.15) is 5.56 Å². The monoisotopic (exact) mass is 259 g/mol. The highest BCUT2D eigenvalue weighted by Crippen LogP contribution is 2.15. The van der Waals surface area contributed by atoms with Gasteiger partial charge in [0, 0.05) is 11.4 Å². The Hall–Kier alpha value is -2.54. The first-order valence-electron chi connectivity index (χ1n) is 6.68. The van der Waals surface area contributed by atoms with Gasteiger partial charge in [-0.05, 0) is 46.3 Å². The molecule has 0 unspecified atom stereocenters. The van der Waals surface area contributed by atoms with Gasteiger partial charge in [0.25, 0.3) is 0 Å². The summed E-state index contributed by atoms with van der Waals surface area (Å²) in [5.74, 6) is 0. The third-order valence-corrected chi connectivity index (χ3v) is 3.57. The smallest absolute Gasteiger partial charge is 0.0464 e. The molecule has 3 rings (SSSR count). The van der Waals surface area contributed by atoms with Crippen molar-refractivity contribution < 1.29 is 0 Å². The first kappa shape index (κ1) is 12.5. The van der Waals surface area contributed by atoms with Gasteiger partial charge in [0.15, 0.2) is 0 Å². The maximum atomic E-state index is 4.21. The van der Waals surface area contributed by atoms with Crippen LogP contribution in [0.2, 0.25) is 0 Å². The predicted molar refractivity (Wildman–Crippen MR) is 88.7 cm³/mol. The standard InChI is InChI=1S/C19H17N/c1-13-8-10-16(11-9-13)20-19-12-14(2)17-6-4-5-7-18(17)15(19)3/h4-12,20H,2-3H2,1H3. The maximum absolute atomic E-state index is 4.21. The molecule has 1 heteroatoms. The minimum Gasteiger partial charge on any atom is -0.355 e. The third kappa shape index (κ3) is 2.19. The van der Waals surface area contributed by atoms with E-state index in [1.54, 1.807) is 0 Å². The quantitative estimate of drug-likeness (QED) is 0.739. The van der Waals surface area contributed by atoms with Crippen molar-refractivity contribution in [2.24, 2.45) is 0 Å². The fraction of sp³-hybridized carbons (Fsp3) is 0.0526. The molecule has 1 nitrogen and oxygen atoms in total. The van der Waals surface area contributed by atoms with Crippen molar-refractivity contribution in [3.05, 3.63) is 70.6 Å². The highest BCUT2D eigenvalue weighted by Gasteiger charge is 2.01. The molecule has 1 N–H and O–H groups in total. The van der Waals surface area contributed by atoms with E-state index >= 15 is 0 Å². The van der Waals surface area contributed by atoms with Gasteiger partial charge in [-0.3, -0.25) is 0 Å². The molecule has 0 radical (unpaired) electrons. The van der Waals surface area contributed by atoms with Gasteiger partial charge >= 0.3 is 0 Å². The number of benzene rings is 3. The highest BCUT2D eigenvalue weighted by atomic mass is 14.9. The molecule has 0 aliphatic rings. The van der Waals surface area contributed by atoms with E-state index in [2.05, 4.69) is 67.9 Å². The lowest BCUT2D eigenvalue weighted by Crippen LogP contribution is -2.14. The van der Waals surface area contributed by atoms with E-state index < -0.39 is 0 Å². The van der Waals surface area contributed by atoms with Crippen molar-refractivity contribution >= 4 is 35.3 Å². The SMILES string of the molecule is C=c1cc(Nc2ccc(C)cc2)c(=C)c2ccccc12. The Kier molecular flexibility index (Phi) is 3.03. The Labute approximate surface area is 118 Å². The number of fused-ring (bicyclic) bond motifs is 1. The van der Waals surface area contributed by atoms with Gasteiger partial charge < -0.3 is 5.32 Å². The number of hydrogen-bond donors (Lipinski definition) is 1. The average Bonchev–Trinajstić information content (AvgIpc) is 2.47. The van der Waals surface area contributed by atoms with Gasteiger partial charge in [0.1, 0.15) is 0 Å². The van der Waals surface area contributed by atoms with Crippen molar-refractivity contribution in [1.29, 1.82) is 0 Å². The molecule has 0 saturated heterocycles. The molecule has 20 heavy (non-hydrogen) atoms. The van der Waals surface area contributed by atoms with Gasteiger partial charge in [-0.25, -0.2) is 0 Å². The number of hydrogen-bond acceptors (Lipinski definition) is 1. The van der Waals surface area contributed by atoms with Crippen LogP contribution in [0.25, 0.3) is 23.9 Å². The lowest BCUT2D eigenvalue weighted by molar-refractivity contribution is 1.45. The summed E-state index contributed by atoms with van der Waals surface area (Å²) >= 11 is 0. The molecule has 98 valence electrons. The fourth-order valence-corrected chi connectivity index (χ4v) is 2.41. The Morgan fingerprint density at radius 3 is 2.20 bits per heavy atom. The Morgan fingerprint density at radius 2 is 1.50 bits per heavy atom. The molecule has 0 amide bonds. The molecule has 3 aromatic carbocycles. The molecular formula is C19H17N. The minimum atomic E-state index is 1.01. The number of nitrogens with one attached hydrogen (secondary N) is 1. The van der Waals surface area contributed by atoms with Crippen LogP contribution in [0.5, 0.6) is 0 Å². The zero-order valence-electron chi connectivity index (χ0n) is 11.6. The Balaban J connectivity index is 2.13. The summed E-state index contributed by atoms with van der Waals surface area (Å²) in [6.45, 7) is 10.4. The lowest BCUT2D eigenvalue weighted by Gasteiger charge is -2.10. The molecule has 0 bridgehead atoms. The van der Waals surface area contributed by atoms with Gasteiger partial charge in [-0.1, -0.05) is 55.1 Å². The fourth-order valence-electron chi connectivity index (χ4n) is 2.41. The van der Waals surface area contributed by atoms with E-state index in [1.165, 1.54) is 5.56 Å². The van der Waals surface area contributed by atoms with Crippen LogP contribution in [0.15, 0.2) is 54.6 Å². The van der Waals surface area contributed by atoms with E-state index in [-0.39, 0.29) is 0 Å². The van der Waals surface area contributed by atoms with Crippen LogP contribution < -0.4 is 15.8 Å². The summed E-state index contributed by atoms with van der Waals surface area (Å²) in [7, 11) is 0. The molecule has 0 saturated carbocycles. The van der Waals surface area contributed by atoms with Gasteiger partial charge in [-0.15, -0.1) is 0 Å². The van der Waals surface area contributed by atoms with E-state index in [1.807, 2.05) is 12.1 Å². The zero-order chi connectivity index (χ0) is 14.1. The second kappa shape index (κ2) is 4.86. The summed E-state index contributed by atoms with van der Waals surface area (Å²) in [6, 6.07) is 18.6. The molecule has 0 aromatic heterocycles. The normalized spacial score (nSPS) is 10.7. The number of aryl methyl sites for hydroxylation is 1. The van der Waals surface area contributed by atoms with E-state index in [4.69, 9.17) is 0 Å². The second-order valence-corrected chi connectivity index (χ2v) is 5.10. The second-order valence-electron chi connectivity index (χ2n) is 5.10. The molecule has 0 aliphatic carbocycles. The molecule has 0 heterocycles. The van der Waals surface area contributed by atoms with Crippen LogP contribution in [-0.2, 0) is 0 Å². The summed E-state index contributed by atoms with van der Waals surface area (Å²) < 4.78 is 0. The summed E-state index contributed by atoms with van der Waals surface area (Å²) in [5, 5.41) is 7.76. The van der Waals surface area contributed by atoms with Crippen LogP contribution in [0.3, 0.4) is 0 Å². The molecule has 0 aliphatic heterocycles. The van der Waals surface area contributed by atoms with Crippen LogP contribution in [0, 0.1) is 6.92 Å². The van der Waals surface area contributed by atoms with Crippen molar-refractivity contribution in [2.75, 3.05) is 5.32 Å². The Bertz CT molecular complexity index is 861. The topological polar surface area (TPSA) is 12.0 Å². The van der Waals surface area contributed by atoms with Crippen LogP contribution >= 0.6 is 0 Å². The first-order chi connectivity index (χ1) is 9.65. The molecule has 0 spiro atoms. The van der Waals surface area contributed by atoms with Crippen LogP contribution in [0.4, 0.5) is 11.4 Å². The summed E-state index contributed by atoms with van der Waals surface area (Å²) in [6.07, 6.45) is 0. The van der Waals surface area contributed by atoms with Crippen LogP contribution in [-0.4, -0.2) is 0 Å². The number of rotatable bonds is 2. The number of anilines is 2. The molecule has 0 fully saturated rings. The predicted octanol–water partition coefficient (Wildman–Crippen LogP) is 3.71. The minimum absolute atomic E-state index is 1.01. The van der Waals surface area contributed by atoms with Gasteiger partial charge in [-0.2, -0.15) is 0 Å². The zero-order valence-corrected chi connectivity index (χ0v) is 11.6. The Morgan fingerprint density at radius 1 is 0.850 bits per heavy atom. The van der Waals surface area contributed by atoms with Crippen molar-refractivity contribution in [3.8, 4) is 0 Å². The largest absolute Gasteiger partial charge is 0.355 e. The summed E-state index contributed by atoms with van der Waals surface area (Å²) in [5.41, 5.74) is 3.33. The molecular weight excluding hydrogens is 242 g/mol. The third-order valence-electron chi connectivity index (χ3n) is 3.57.